The summed E-state index contributed by atoms with van der Waals surface area (Å²) in [7, 11) is 0. The molecule has 0 aliphatic carbocycles. The highest BCUT2D eigenvalue weighted by Crippen LogP contribution is 2.30. The Morgan fingerprint density at radius 1 is 1.16 bits per heavy atom. The fourth-order valence-electron chi connectivity index (χ4n) is 2.15. The van der Waals surface area contributed by atoms with Gasteiger partial charge >= 0.3 is 0 Å². The number of anilines is 1. The Morgan fingerprint density at radius 3 is 2.36 bits per heavy atom. The molecule has 0 aliphatic rings. The molecule has 0 aliphatic heterocycles. The van der Waals surface area contributed by atoms with Crippen LogP contribution in [0.4, 0.5) is 11.4 Å². The van der Waals surface area contributed by atoms with Crippen molar-refractivity contribution in [1.29, 1.82) is 0 Å². The summed E-state index contributed by atoms with van der Waals surface area (Å²) < 4.78 is 5.31. The van der Waals surface area contributed by atoms with Crippen LogP contribution in [0.3, 0.4) is 0 Å². The number of primary amides is 1. The molecule has 25 heavy (non-hydrogen) atoms. The normalized spacial score (nSPS) is 10.2. The quantitative estimate of drug-likeness (QED) is 0.615. The number of hydrogen-bond donors (Lipinski definition) is 2. The summed E-state index contributed by atoms with van der Waals surface area (Å²) in [6.07, 6.45) is 0. The summed E-state index contributed by atoms with van der Waals surface area (Å²) in [6, 6.07) is 8.94. The van der Waals surface area contributed by atoms with Gasteiger partial charge in [-0.05, 0) is 49.2 Å². The lowest BCUT2D eigenvalue weighted by Gasteiger charge is -2.12. The fourth-order valence-corrected chi connectivity index (χ4v) is 2.15. The third-order valence-electron chi connectivity index (χ3n) is 3.68. The number of rotatable bonds is 6. The van der Waals surface area contributed by atoms with E-state index in [0.717, 1.165) is 5.56 Å². The first-order valence-electron chi connectivity index (χ1n) is 7.36. The first kappa shape index (κ1) is 17.9. The van der Waals surface area contributed by atoms with Gasteiger partial charge < -0.3 is 15.8 Å². The molecule has 2 aromatic carbocycles. The maximum Gasteiger partial charge on any atom is 0.293 e. The van der Waals surface area contributed by atoms with E-state index in [1.165, 1.54) is 30.3 Å². The van der Waals surface area contributed by atoms with E-state index >= 15 is 0 Å². The van der Waals surface area contributed by atoms with Crippen LogP contribution in [-0.2, 0) is 4.79 Å². The first-order chi connectivity index (χ1) is 11.8. The SMILES string of the molecule is Cc1ccc([N+](=O)[O-])c(NC(=O)COc2ccc(C(N)=O)cc2)c1C. The molecule has 0 saturated heterocycles. The molecule has 0 heterocycles. The third-order valence-corrected chi connectivity index (χ3v) is 3.68. The van der Waals surface area contributed by atoms with Crippen molar-refractivity contribution >= 4 is 23.2 Å². The molecule has 0 radical (unpaired) electrons. The van der Waals surface area contributed by atoms with E-state index in [2.05, 4.69) is 5.32 Å². The standard InChI is InChI=1S/C17H17N3O5/c1-10-3-8-14(20(23)24)16(11(10)2)19-15(21)9-25-13-6-4-12(5-7-13)17(18)22/h3-8H,9H2,1-2H3,(H2,18,22)(H,19,21). The number of benzene rings is 2. The molecular formula is C17H17N3O5. The Balaban J connectivity index is 2.07. The number of hydrogen-bond acceptors (Lipinski definition) is 5. The lowest BCUT2D eigenvalue weighted by molar-refractivity contribution is -0.384. The van der Waals surface area contributed by atoms with Gasteiger partial charge in [0.2, 0.25) is 5.91 Å². The van der Waals surface area contributed by atoms with Crippen molar-refractivity contribution in [2.24, 2.45) is 5.73 Å². The highest BCUT2D eigenvalue weighted by Gasteiger charge is 2.19. The molecule has 2 rings (SSSR count). The summed E-state index contributed by atoms with van der Waals surface area (Å²) in [4.78, 5) is 33.6. The van der Waals surface area contributed by atoms with Gasteiger partial charge in [0.25, 0.3) is 11.6 Å². The number of amides is 2. The average molecular weight is 343 g/mol. The molecule has 3 N–H and O–H groups in total. The van der Waals surface area contributed by atoms with Crippen molar-refractivity contribution in [2.45, 2.75) is 13.8 Å². The van der Waals surface area contributed by atoms with Crippen LogP contribution >= 0.6 is 0 Å². The lowest BCUT2D eigenvalue weighted by atomic mass is 10.1. The van der Waals surface area contributed by atoms with Crippen molar-refractivity contribution in [3.63, 3.8) is 0 Å². The van der Waals surface area contributed by atoms with Crippen LogP contribution < -0.4 is 15.8 Å². The van der Waals surface area contributed by atoms with Crippen LogP contribution in [0.5, 0.6) is 5.75 Å². The monoisotopic (exact) mass is 343 g/mol. The zero-order chi connectivity index (χ0) is 18.6. The van der Waals surface area contributed by atoms with Gasteiger partial charge in [-0.25, -0.2) is 0 Å². The second kappa shape index (κ2) is 7.43. The van der Waals surface area contributed by atoms with E-state index in [9.17, 15) is 19.7 Å². The van der Waals surface area contributed by atoms with Crippen molar-refractivity contribution in [1.82, 2.24) is 0 Å². The van der Waals surface area contributed by atoms with Crippen LogP contribution in [-0.4, -0.2) is 23.3 Å². The summed E-state index contributed by atoms with van der Waals surface area (Å²) in [6.45, 7) is 3.16. The molecule has 0 aromatic heterocycles. The minimum absolute atomic E-state index is 0.155. The Kier molecular flexibility index (Phi) is 5.33. The fraction of sp³-hybridized carbons (Fsp3) is 0.176. The van der Waals surface area contributed by atoms with E-state index in [1.807, 2.05) is 0 Å². The molecule has 0 fully saturated rings. The molecule has 8 nitrogen and oxygen atoms in total. The molecule has 130 valence electrons. The maximum absolute atomic E-state index is 12.1. The Hall–Kier alpha value is -3.42. The minimum Gasteiger partial charge on any atom is -0.484 e. The molecule has 0 atom stereocenters. The molecular weight excluding hydrogens is 326 g/mol. The highest BCUT2D eigenvalue weighted by atomic mass is 16.6. The van der Waals surface area contributed by atoms with E-state index < -0.39 is 16.7 Å². The molecule has 2 aromatic rings. The third kappa shape index (κ3) is 4.31. The summed E-state index contributed by atoms with van der Waals surface area (Å²) in [5.74, 6) is -0.724. The van der Waals surface area contributed by atoms with Gasteiger partial charge in [-0.1, -0.05) is 6.07 Å². The van der Waals surface area contributed by atoms with E-state index in [-0.39, 0.29) is 18.0 Å². The summed E-state index contributed by atoms with van der Waals surface area (Å²) >= 11 is 0. The zero-order valence-corrected chi connectivity index (χ0v) is 13.7. The number of nitro benzene ring substituents is 1. The van der Waals surface area contributed by atoms with E-state index in [1.54, 1.807) is 19.9 Å². The first-order valence-corrected chi connectivity index (χ1v) is 7.36. The number of nitro groups is 1. The van der Waals surface area contributed by atoms with Crippen LogP contribution in [0.25, 0.3) is 0 Å². The number of ether oxygens (including phenoxy) is 1. The van der Waals surface area contributed by atoms with E-state index in [0.29, 0.717) is 16.9 Å². The topological polar surface area (TPSA) is 125 Å². The Morgan fingerprint density at radius 2 is 1.80 bits per heavy atom. The second-order valence-corrected chi connectivity index (χ2v) is 5.38. The van der Waals surface area contributed by atoms with Crippen molar-refractivity contribution in [3.05, 3.63) is 63.2 Å². The van der Waals surface area contributed by atoms with Gasteiger partial charge in [0, 0.05) is 11.6 Å². The smallest absolute Gasteiger partial charge is 0.293 e. The Labute approximate surface area is 143 Å². The van der Waals surface area contributed by atoms with Gasteiger partial charge in [-0.15, -0.1) is 0 Å². The van der Waals surface area contributed by atoms with Crippen LogP contribution in [0.1, 0.15) is 21.5 Å². The maximum atomic E-state index is 12.1. The molecule has 8 heteroatoms. The molecule has 2 amide bonds. The molecule has 0 bridgehead atoms. The highest BCUT2D eigenvalue weighted by molar-refractivity contribution is 5.95. The van der Waals surface area contributed by atoms with Gasteiger partial charge in [-0.3, -0.25) is 19.7 Å². The Bertz CT molecular complexity index is 831. The zero-order valence-electron chi connectivity index (χ0n) is 13.7. The molecule has 0 saturated carbocycles. The number of carbonyl (C=O) groups is 2. The molecule has 0 spiro atoms. The van der Waals surface area contributed by atoms with Crippen molar-refractivity contribution in [2.75, 3.05) is 11.9 Å². The number of nitrogens with two attached hydrogens (primary N) is 1. The summed E-state index contributed by atoms with van der Waals surface area (Å²) in [5, 5.41) is 13.6. The van der Waals surface area contributed by atoms with Gasteiger partial charge in [0.05, 0.1) is 4.92 Å². The lowest BCUT2D eigenvalue weighted by Crippen LogP contribution is -2.21. The largest absolute Gasteiger partial charge is 0.484 e. The predicted octanol–water partition coefficient (Wildman–Crippen LogP) is 2.33. The average Bonchev–Trinajstić information content (AvgIpc) is 2.57. The number of aryl methyl sites for hydroxylation is 1. The van der Waals surface area contributed by atoms with Gasteiger partial charge in [0.1, 0.15) is 11.4 Å². The number of nitrogens with zero attached hydrogens (tertiary/aromatic N) is 1. The van der Waals surface area contributed by atoms with E-state index in [4.69, 9.17) is 10.5 Å². The number of nitrogens with one attached hydrogen (secondary N) is 1. The summed E-state index contributed by atoms with van der Waals surface area (Å²) in [5.41, 5.74) is 6.88. The van der Waals surface area contributed by atoms with Crippen molar-refractivity contribution in [3.8, 4) is 5.75 Å². The van der Waals surface area contributed by atoms with Gasteiger partial charge in [-0.2, -0.15) is 0 Å². The van der Waals surface area contributed by atoms with Crippen LogP contribution in [0.2, 0.25) is 0 Å². The number of carbonyl (C=O) groups excluding carboxylic acids is 2. The van der Waals surface area contributed by atoms with Crippen LogP contribution in [0.15, 0.2) is 36.4 Å². The second-order valence-electron chi connectivity index (χ2n) is 5.38. The van der Waals surface area contributed by atoms with Crippen LogP contribution in [0, 0.1) is 24.0 Å². The van der Waals surface area contributed by atoms with Gasteiger partial charge in [0.15, 0.2) is 6.61 Å². The minimum atomic E-state index is -0.563. The van der Waals surface area contributed by atoms with Crippen molar-refractivity contribution < 1.29 is 19.2 Å². The molecule has 0 unspecified atom stereocenters. The predicted molar refractivity (Wildman–Crippen MR) is 91.7 cm³/mol.